The van der Waals surface area contributed by atoms with Crippen LogP contribution in [0.2, 0.25) is 0 Å². The molecular formula is C9H16N4O. The fourth-order valence-corrected chi connectivity index (χ4v) is 2.01. The Morgan fingerprint density at radius 2 is 2.07 bits per heavy atom. The van der Waals surface area contributed by atoms with Gasteiger partial charge < -0.3 is 10.2 Å². The molecule has 0 unspecified atom stereocenters. The highest BCUT2D eigenvalue weighted by molar-refractivity contribution is 6.09. The molecule has 0 aromatic heterocycles. The highest BCUT2D eigenvalue weighted by atomic mass is 16.2. The predicted octanol–water partition coefficient (Wildman–Crippen LogP) is -0.844. The van der Waals surface area contributed by atoms with E-state index < -0.39 is 0 Å². The highest BCUT2D eigenvalue weighted by Gasteiger charge is 2.46. The van der Waals surface area contributed by atoms with Gasteiger partial charge in [0, 0.05) is 20.1 Å². The standard InChI is InChI=1S/C9H16N4O/c1-10-8-11-7(14)9(12-8)3-5-13(2)6-4-9/h3-6H2,1-2H3,(H2,10,11,12,14). The van der Waals surface area contributed by atoms with Crippen LogP contribution in [0.4, 0.5) is 0 Å². The van der Waals surface area contributed by atoms with E-state index in [1.807, 2.05) is 0 Å². The molecule has 0 atom stereocenters. The topological polar surface area (TPSA) is 56.7 Å². The molecular weight excluding hydrogens is 180 g/mol. The first kappa shape index (κ1) is 9.45. The van der Waals surface area contributed by atoms with Gasteiger partial charge in [0.1, 0.15) is 5.54 Å². The molecule has 2 saturated heterocycles. The quantitative estimate of drug-likeness (QED) is 0.531. The van der Waals surface area contributed by atoms with E-state index in [1.54, 1.807) is 7.05 Å². The van der Waals surface area contributed by atoms with Crippen molar-refractivity contribution in [3.8, 4) is 0 Å². The number of carbonyl (C=O) groups is 1. The fourth-order valence-electron chi connectivity index (χ4n) is 2.01. The van der Waals surface area contributed by atoms with Gasteiger partial charge in [0.05, 0.1) is 0 Å². The minimum Gasteiger partial charge on any atom is -0.342 e. The van der Waals surface area contributed by atoms with Crippen molar-refractivity contribution in [2.45, 2.75) is 18.4 Å². The molecule has 2 rings (SSSR count). The lowest BCUT2D eigenvalue weighted by Crippen LogP contribution is -2.54. The fraction of sp³-hybridized carbons (Fsp3) is 0.778. The molecule has 0 aliphatic carbocycles. The van der Waals surface area contributed by atoms with E-state index >= 15 is 0 Å². The number of carbonyl (C=O) groups excluding carboxylic acids is 1. The Kier molecular flexibility index (Phi) is 2.19. The maximum Gasteiger partial charge on any atom is 0.252 e. The van der Waals surface area contributed by atoms with E-state index in [4.69, 9.17) is 0 Å². The number of piperidine rings is 1. The third kappa shape index (κ3) is 1.37. The zero-order valence-electron chi connectivity index (χ0n) is 8.63. The molecule has 2 N–H and O–H groups in total. The SMILES string of the molecule is CN=C1NC(=O)C2(CCN(C)CC2)N1. The highest BCUT2D eigenvalue weighted by Crippen LogP contribution is 2.24. The molecule has 5 nitrogen and oxygen atoms in total. The van der Waals surface area contributed by atoms with Crippen LogP contribution in [0.25, 0.3) is 0 Å². The second-order valence-corrected chi connectivity index (χ2v) is 4.04. The second kappa shape index (κ2) is 3.24. The van der Waals surface area contributed by atoms with E-state index in [-0.39, 0.29) is 11.4 Å². The van der Waals surface area contributed by atoms with Gasteiger partial charge in [0.25, 0.3) is 5.91 Å². The molecule has 14 heavy (non-hydrogen) atoms. The summed E-state index contributed by atoms with van der Waals surface area (Å²) in [7, 11) is 3.76. The molecule has 78 valence electrons. The normalized spacial score (nSPS) is 29.3. The van der Waals surface area contributed by atoms with Gasteiger partial charge in [0.2, 0.25) is 0 Å². The van der Waals surface area contributed by atoms with Gasteiger partial charge in [-0.25, -0.2) is 0 Å². The number of rotatable bonds is 0. The van der Waals surface area contributed by atoms with Gasteiger partial charge >= 0.3 is 0 Å². The van der Waals surface area contributed by atoms with Crippen LogP contribution in [-0.2, 0) is 4.79 Å². The van der Waals surface area contributed by atoms with Crippen LogP contribution in [0.1, 0.15) is 12.8 Å². The molecule has 2 heterocycles. The average molecular weight is 196 g/mol. The first-order chi connectivity index (χ1) is 6.66. The van der Waals surface area contributed by atoms with Crippen molar-refractivity contribution in [3.05, 3.63) is 0 Å². The first-order valence-electron chi connectivity index (χ1n) is 4.91. The molecule has 5 heteroatoms. The van der Waals surface area contributed by atoms with Crippen LogP contribution < -0.4 is 10.6 Å². The van der Waals surface area contributed by atoms with Gasteiger partial charge in [0.15, 0.2) is 5.96 Å². The van der Waals surface area contributed by atoms with Crippen LogP contribution in [0.15, 0.2) is 4.99 Å². The number of amides is 1. The summed E-state index contributed by atoms with van der Waals surface area (Å²) in [4.78, 5) is 18.0. The largest absolute Gasteiger partial charge is 0.342 e. The van der Waals surface area contributed by atoms with E-state index in [0.717, 1.165) is 25.9 Å². The van der Waals surface area contributed by atoms with Gasteiger partial charge in [-0.1, -0.05) is 0 Å². The third-order valence-electron chi connectivity index (χ3n) is 3.09. The molecule has 0 saturated carbocycles. The van der Waals surface area contributed by atoms with E-state index in [2.05, 4.69) is 27.6 Å². The van der Waals surface area contributed by atoms with E-state index in [1.165, 1.54) is 0 Å². The number of hydrogen-bond donors (Lipinski definition) is 2. The monoisotopic (exact) mass is 196 g/mol. The molecule has 2 fully saturated rings. The Balaban J connectivity index is 2.13. The number of guanidine groups is 1. The summed E-state index contributed by atoms with van der Waals surface area (Å²) in [6, 6.07) is 0. The number of likely N-dealkylation sites (tertiary alicyclic amines) is 1. The summed E-state index contributed by atoms with van der Waals surface area (Å²) >= 11 is 0. The van der Waals surface area contributed by atoms with Crippen LogP contribution in [0.3, 0.4) is 0 Å². The zero-order chi connectivity index (χ0) is 10.2. The Hall–Kier alpha value is -1.10. The summed E-state index contributed by atoms with van der Waals surface area (Å²) in [5, 5.41) is 5.95. The van der Waals surface area contributed by atoms with Crippen LogP contribution in [0.5, 0.6) is 0 Å². The van der Waals surface area contributed by atoms with Crippen molar-refractivity contribution in [1.82, 2.24) is 15.5 Å². The summed E-state index contributed by atoms with van der Waals surface area (Å²) in [6.45, 7) is 1.91. The van der Waals surface area contributed by atoms with E-state index in [0.29, 0.717) is 5.96 Å². The molecule has 2 aliphatic heterocycles. The first-order valence-corrected chi connectivity index (χ1v) is 4.91. The maximum atomic E-state index is 11.8. The summed E-state index contributed by atoms with van der Waals surface area (Å²) in [5.74, 6) is 0.686. The summed E-state index contributed by atoms with van der Waals surface area (Å²) < 4.78 is 0. The van der Waals surface area contributed by atoms with E-state index in [9.17, 15) is 4.79 Å². The third-order valence-corrected chi connectivity index (χ3v) is 3.09. The lowest BCUT2D eigenvalue weighted by Gasteiger charge is -2.35. The van der Waals surface area contributed by atoms with Gasteiger partial charge in [-0.05, 0) is 19.9 Å². The number of nitrogens with zero attached hydrogens (tertiary/aromatic N) is 2. The predicted molar refractivity (Wildman–Crippen MR) is 54.1 cm³/mol. The molecule has 2 aliphatic rings. The average Bonchev–Trinajstić information content (AvgIpc) is 2.49. The Morgan fingerprint density at radius 1 is 1.43 bits per heavy atom. The van der Waals surface area contributed by atoms with Crippen molar-refractivity contribution >= 4 is 11.9 Å². The van der Waals surface area contributed by atoms with Gasteiger partial charge in [-0.2, -0.15) is 0 Å². The van der Waals surface area contributed by atoms with Crippen molar-refractivity contribution in [1.29, 1.82) is 0 Å². The molecule has 0 aromatic carbocycles. The Morgan fingerprint density at radius 3 is 2.57 bits per heavy atom. The summed E-state index contributed by atoms with van der Waals surface area (Å²) in [5.41, 5.74) is -0.388. The van der Waals surface area contributed by atoms with Crippen molar-refractivity contribution in [3.63, 3.8) is 0 Å². The van der Waals surface area contributed by atoms with Crippen molar-refractivity contribution in [2.24, 2.45) is 4.99 Å². The Bertz CT molecular complexity index is 279. The zero-order valence-corrected chi connectivity index (χ0v) is 8.63. The minimum atomic E-state index is -0.388. The smallest absolute Gasteiger partial charge is 0.252 e. The lowest BCUT2D eigenvalue weighted by atomic mass is 9.88. The van der Waals surface area contributed by atoms with Crippen molar-refractivity contribution < 1.29 is 4.79 Å². The van der Waals surface area contributed by atoms with Crippen LogP contribution in [0, 0.1) is 0 Å². The maximum absolute atomic E-state index is 11.8. The van der Waals surface area contributed by atoms with Crippen molar-refractivity contribution in [2.75, 3.05) is 27.2 Å². The molecule has 1 spiro atoms. The van der Waals surface area contributed by atoms with Gasteiger partial charge in [-0.3, -0.25) is 15.1 Å². The summed E-state index contributed by atoms with van der Waals surface area (Å²) in [6.07, 6.45) is 1.71. The van der Waals surface area contributed by atoms with Crippen LogP contribution in [-0.4, -0.2) is 49.5 Å². The Labute approximate surface area is 83.6 Å². The molecule has 0 radical (unpaired) electrons. The lowest BCUT2D eigenvalue weighted by molar-refractivity contribution is -0.125. The molecule has 0 aromatic rings. The second-order valence-electron chi connectivity index (χ2n) is 4.04. The van der Waals surface area contributed by atoms with Crippen LogP contribution >= 0.6 is 0 Å². The number of nitrogens with one attached hydrogen (secondary N) is 2. The van der Waals surface area contributed by atoms with Gasteiger partial charge in [-0.15, -0.1) is 0 Å². The number of aliphatic imine (C=N–C) groups is 1. The molecule has 1 amide bonds. The minimum absolute atomic E-state index is 0.0752. The number of hydrogen-bond acceptors (Lipinski definition) is 3. The molecule has 0 bridgehead atoms.